The molecule has 2 rings (SSSR count). The van der Waals surface area contributed by atoms with Gasteiger partial charge >= 0.3 is 0 Å². The maximum absolute atomic E-state index is 13.0. The molecule has 0 bridgehead atoms. The highest BCUT2D eigenvalue weighted by atomic mass is 32.2. The summed E-state index contributed by atoms with van der Waals surface area (Å²) in [5.41, 5.74) is -0.500. The van der Waals surface area contributed by atoms with Crippen LogP contribution in [-0.2, 0) is 14.0 Å². The molecular weight excluding hydrogens is 380 g/mol. The van der Waals surface area contributed by atoms with Crippen molar-refractivity contribution in [2.45, 2.75) is 84.3 Å². The van der Waals surface area contributed by atoms with E-state index < -0.39 is 19.8 Å². The smallest absolute Gasteiger partial charge is 0.288 e. The molecule has 2 aliphatic rings. The molecule has 2 saturated heterocycles. The highest BCUT2D eigenvalue weighted by Crippen LogP contribution is 2.40. The summed E-state index contributed by atoms with van der Waals surface area (Å²) >= 11 is 1.17. The first-order valence-electron chi connectivity index (χ1n) is 9.59. The first kappa shape index (κ1) is 22.4. The second kappa shape index (κ2) is 7.19. The number of β-lactam (4-membered cyclic amide) rings is 1. The van der Waals surface area contributed by atoms with E-state index >= 15 is 0 Å². The zero-order valence-electron chi connectivity index (χ0n) is 18.0. The SMILES string of the molecule is C[C@@H](C(=O)N1C(=O)SCC1(C)C)C1NC(=O)[C@@H]1[C@@H](C)O[Si](C)(C)C(C)(C)C. The van der Waals surface area contributed by atoms with E-state index in [1.165, 1.54) is 16.7 Å². The largest absolute Gasteiger partial charge is 0.413 e. The summed E-state index contributed by atoms with van der Waals surface area (Å²) in [5, 5.41) is 2.71. The Hall–Kier alpha value is -0.863. The van der Waals surface area contributed by atoms with E-state index in [0.717, 1.165) is 0 Å². The van der Waals surface area contributed by atoms with Gasteiger partial charge in [0.25, 0.3) is 5.24 Å². The van der Waals surface area contributed by atoms with E-state index in [4.69, 9.17) is 4.43 Å². The second-order valence-corrected chi connectivity index (χ2v) is 15.7. The van der Waals surface area contributed by atoms with E-state index in [2.05, 4.69) is 39.2 Å². The molecule has 0 aliphatic carbocycles. The summed E-state index contributed by atoms with van der Waals surface area (Å²) in [5.74, 6) is -0.543. The predicted molar refractivity (Wildman–Crippen MR) is 111 cm³/mol. The van der Waals surface area contributed by atoms with Gasteiger partial charge in [-0.15, -0.1) is 0 Å². The molecule has 2 heterocycles. The summed E-state index contributed by atoms with van der Waals surface area (Å²) in [6.45, 7) is 18.3. The third-order valence-corrected chi connectivity index (χ3v) is 12.1. The quantitative estimate of drug-likeness (QED) is 0.549. The Kier molecular flexibility index (Phi) is 5.97. The molecule has 1 N–H and O–H groups in total. The van der Waals surface area contributed by atoms with Crippen molar-refractivity contribution in [2.24, 2.45) is 11.8 Å². The number of hydrogen-bond donors (Lipinski definition) is 1. The molecule has 3 amide bonds. The Morgan fingerprint density at radius 2 is 1.85 bits per heavy atom. The van der Waals surface area contributed by atoms with E-state index in [1.54, 1.807) is 6.92 Å². The van der Waals surface area contributed by atoms with Gasteiger partial charge in [0.15, 0.2) is 8.32 Å². The minimum atomic E-state index is -2.03. The lowest BCUT2D eigenvalue weighted by atomic mass is 9.78. The lowest BCUT2D eigenvalue weighted by Crippen LogP contribution is -2.68. The summed E-state index contributed by atoms with van der Waals surface area (Å²) in [6, 6.07) is -0.307. The van der Waals surface area contributed by atoms with E-state index in [-0.39, 0.29) is 40.2 Å². The third kappa shape index (κ3) is 4.12. The fourth-order valence-corrected chi connectivity index (χ4v) is 5.93. The van der Waals surface area contributed by atoms with Gasteiger partial charge in [-0.1, -0.05) is 39.5 Å². The number of rotatable bonds is 5. The zero-order valence-corrected chi connectivity index (χ0v) is 19.8. The molecule has 8 heteroatoms. The van der Waals surface area contributed by atoms with Crippen molar-refractivity contribution in [3.8, 4) is 0 Å². The first-order valence-corrected chi connectivity index (χ1v) is 13.5. The molecule has 0 aromatic heterocycles. The Morgan fingerprint density at radius 1 is 1.30 bits per heavy atom. The van der Waals surface area contributed by atoms with Crippen molar-refractivity contribution in [3.05, 3.63) is 0 Å². The normalized spacial score (nSPS) is 27.8. The topological polar surface area (TPSA) is 75.7 Å². The highest BCUT2D eigenvalue weighted by molar-refractivity contribution is 8.14. The summed E-state index contributed by atoms with van der Waals surface area (Å²) in [6.07, 6.45) is -0.267. The zero-order chi connectivity index (χ0) is 20.9. The molecule has 0 aromatic rings. The van der Waals surface area contributed by atoms with E-state index in [1.807, 2.05) is 20.8 Å². The summed E-state index contributed by atoms with van der Waals surface area (Å²) in [7, 11) is -2.03. The fraction of sp³-hybridized carbons (Fsp3) is 0.842. The molecule has 2 aliphatic heterocycles. The van der Waals surface area contributed by atoms with Crippen LogP contribution >= 0.6 is 11.8 Å². The first-order chi connectivity index (χ1) is 12.1. The van der Waals surface area contributed by atoms with Crippen LogP contribution in [0.1, 0.15) is 48.5 Å². The molecule has 6 nitrogen and oxygen atoms in total. The van der Waals surface area contributed by atoms with Crippen LogP contribution in [0.4, 0.5) is 4.79 Å². The minimum Gasteiger partial charge on any atom is -0.413 e. The van der Waals surface area contributed by atoms with Crippen LogP contribution in [0, 0.1) is 11.8 Å². The lowest BCUT2D eigenvalue weighted by molar-refractivity contribution is -0.147. The number of imide groups is 1. The monoisotopic (exact) mass is 414 g/mol. The molecule has 1 unspecified atom stereocenters. The molecule has 0 spiro atoms. The van der Waals surface area contributed by atoms with Gasteiger partial charge in [0.2, 0.25) is 11.8 Å². The fourth-order valence-electron chi connectivity index (χ4n) is 3.43. The summed E-state index contributed by atoms with van der Waals surface area (Å²) in [4.78, 5) is 38.9. The molecule has 0 saturated carbocycles. The van der Waals surface area contributed by atoms with Crippen molar-refractivity contribution >= 4 is 37.1 Å². The molecule has 2 fully saturated rings. The number of amides is 3. The Bertz CT molecular complexity index is 644. The minimum absolute atomic E-state index is 0.0433. The van der Waals surface area contributed by atoms with Gasteiger partial charge in [0, 0.05) is 5.75 Å². The van der Waals surface area contributed by atoms with Gasteiger partial charge in [-0.3, -0.25) is 19.3 Å². The lowest BCUT2D eigenvalue weighted by Gasteiger charge is -2.47. The van der Waals surface area contributed by atoms with Crippen LogP contribution in [0.25, 0.3) is 0 Å². The molecule has 27 heavy (non-hydrogen) atoms. The number of carbonyl (C=O) groups is 3. The van der Waals surface area contributed by atoms with Gasteiger partial charge in [-0.2, -0.15) is 0 Å². The Morgan fingerprint density at radius 3 is 2.26 bits per heavy atom. The van der Waals surface area contributed by atoms with Crippen LogP contribution in [0.15, 0.2) is 0 Å². The Balaban J connectivity index is 2.13. The van der Waals surface area contributed by atoms with Gasteiger partial charge in [-0.25, -0.2) is 0 Å². The molecule has 0 aromatic carbocycles. The highest BCUT2D eigenvalue weighted by Gasteiger charge is 2.53. The predicted octanol–water partition coefficient (Wildman–Crippen LogP) is 3.62. The van der Waals surface area contributed by atoms with Crippen molar-refractivity contribution in [1.82, 2.24) is 10.2 Å². The number of thioether (sulfide) groups is 1. The number of nitrogens with one attached hydrogen (secondary N) is 1. The number of carbonyl (C=O) groups excluding carboxylic acids is 3. The van der Waals surface area contributed by atoms with E-state index in [9.17, 15) is 14.4 Å². The van der Waals surface area contributed by atoms with Gasteiger partial charge < -0.3 is 9.74 Å². The van der Waals surface area contributed by atoms with Crippen molar-refractivity contribution in [3.63, 3.8) is 0 Å². The molecule has 4 atom stereocenters. The number of hydrogen-bond acceptors (Lipinski definition) is 5. The summed E-state index contributed by atoms with van der Waals surface area (Å²) < 4.78 is 6.41. The van der Waals surface area contributed by atoms with Crippen LogP contribution in [0.2, 0.25) is 18.1 Å². The Labute approximate surface area is 168 Å². The second-order valence-electron chi connectivity index (χ2n) is 9.97. The molecular formula is C19H34N2O4SSi. The van der Waals surface area contributed by atoms with Crippen molar-refractivity contribution < 1.29 is 18.8 Å². The van der Waals surface area contributed by atoms with E-state index in [0.29, 0.717) is 5.75 Å². The molecule has 154 valence electrons. The number of nitrogens with zero attached hydrogens (tertiary/aromatic N) is 1. The molecule has 0 radical (unpaired) electrons. The van der Waals surface area contributed by atoms with Crippen LogP contribution in [0.5, 0.6) is 0 Å². The van der Waals surface area contributed by atoms with Crippen LogP contribution in [0.3, 0.4) is 0 Å². The average molecular weight is 415 g/mol. The third-order valence-electron chi connectivity index (χ3n) is 6.28. The van der Waals surface area contributed by atoms with Crippen LogP contribution in [-0.4, -0.2) is 53.7 Å². The standard InChI is InChI=1S/C19H34N2O4SSi/c1-11(16(23)21-17(24)26-10-19(21,6)7)14-13(15(22)20-14)12(2)25-27(8,9)18(3,4)5/h11-14H,10H2,1-9H3,(H,20,22)/t11-,12-,13-,14?/m1/s1. The van der Waals surface area contributed by atoms with Crippen LogP contribution < -0.4 is 5.32 Å². The average Bonchev–Trinajstić information content (AvgIpc) is 2.74. The van der Waals surface area contributed by atoms with Gasteiger partial charge in [0.1, 0.15) is 0 Å². The van der Waals surface area contributed by atoms with Gasteiger partial charge in [0.05, 0.1) is 29.5 Å². The van der Waals surface area contributed by atoms with Crippen molar-refractivity contribution in [2.75, 3.05) is 5.75 Å². The maximum Gasteiger partial charge on any atom is 0.288 e. The van der Waals surface area contributed by atoms with Crippen molar-refractivity contribution in [1.29, 1.82) is 0 Å². The maximum atomic E-state index is 13.0. The van der Waals surface area contributed by atoms with Gasteiger partial charge in [-0.05, 0) is 38.9 Å².